The van der Waals surface area contributed by atoms with E-state index in [9.17, 15) is 9.90 Å². The number of carbonyl (C=O) groups is 1. The normalized spacial score (nSPS) is 19.2. The van der Waals surface area contributed by atoms with Gasteiger partial charge in [0.1, 0.15) is 16.9 Å². The smallest absolute Gasteiger partial charge is 0.343 e. The topological polar surface area (TPSA) is 71.8 Å². The standard InChI is InChI=1S/C16H20N2O3/c1-10-14(15(20)21-16(2,3)4)13(19)9-12(18-10)11-7-5-6-8-17-11/h5-8,12,19H,9H2,1-4H3. The van der Waals surface area contributed by atoms with Crippen molar-refractivity contribution < 1.29 is 14.6 Å². The summed E-state index contributed by atoms with van der Waals surface area (Å²) < 4.78 is 5.31. The summed E-state index contributed by atoms with van der Waals surface area (Å²) in [5, 5.41) is 10.2. The lowest BCUT2D eigenvalue weighted by atomic mass is 9.98. The summed E-state index contributed by atoms with van der Waals surface area (Å²) >= 11 is 0. The number of aromatic nitrogens is 1. The van der Waals surface area contributed by atoms with E-state index in [4.69, 9.17) is 4.74 Å². The fraction of sp³-hybridized carbons (Fsp3) is 0.438. The van der Waals surface area contributed by atoms with Gasteiger partial charge in [0.2, 0.25) is 0 Å². The summed E-state index contributed by atoms with van der Waals surface area (Å²) in [7, 11) is 0. The monoisotopic (exact) mass is 288 g/mol. The molecule has 0 bridgehead atoms. The van der Waals surface area contributed by atoms with Gasteiger partial charge in [0.15, 0.2) is 0 Å². The second-order valence-electron chi connectivity index (χ2n) is 6.01. The van der Waals surface area contributed by atoms with Crippen LogP contribution in [0, 0.1) is 0 Å². The third kappa shape index (κ3) is 3.68. The van der Waals surface area contributed by atoms with Gasteiger partial charge in [0.05, 0.1) is 17.4 Å². The van der Waals surface area contributed by atoms with Crippen molar-refractivity contribution in [2.24, 2.45) is 4.99 Å². The van der Waals surface area contributed by atoms with Gasteiger partial charge in [-0.25, -0.2) is 4.79 Å². The Morgan fingerprint density at radius 1 is 1.38 bits per heavy atom. The summed E-state index contributed by atoms with van der Waals surface area (Å²) in [5.74, 6) is -0.534. The SMILES string of the molecule is CC1=NC(c2ccccn2)CC(O)=C1C(=O)OC(C)(C)C. The predicted molar refractivity (Wildman–Crippen MR) is 80.2 cm³/mol. The first kappa shape index (κ1) is 15.2. The molecular weight excluding hydrogens is 268 g/mol. The number of hydrogen-bond acceptors (Lipinski definition) is 5. The van der Waals surface area contributed by atoms with E-state index in [1.807, 2.05) is 18.2 Å². The molecule has 1 atom stereocenters. The lowest BCUT2D eigenvalue weighted by Crippen LogP contribution is -2.29. The fourth-order valence-corrected chi connectivity index (χ4v) is 2.18. The van der Waals surface area contributed by atoms with Gasteiger partial charge in [-0.15, -0.1) is 0 Å². The Hall–Kier alpha value is -2.17. The van der Waals surface area contributed by atoms with Gasteiger partial charge in [0.25, 0.3) is 0 Å². The zero-order chi connectivity index (χ0) is 15.6. The highest BCUT2D eigenvalue weighted by atomic mass is 16.6. The van der Waals surface area contributed by atoms with Crippen LogP contribution in [0.4, 0.5) is 0 Å². The van der Waals surface area contributed by atoms with E-state index >= 15 is 0 Å². The summed E-state index contributed by atoms with van der Waals surface area (Å²) in [6.45, 7) is 7.06. The van der Waals surface area contributed by atoms with Crippen molar-refractivity contribution in [2.75, 3.05) is 0 Å². The van der Waals surface area contributed by atoms with Crippen LogP contribution in [0.25, 0.3) is 0 Å². The van der Waals surface area contributed by atoms with E-state index in [0.717, 1.165) is 5.69 Å². The van der Waals surface area contributed by atoms with Gasteiger partial charge in [-0.2, -0.15) is 0 Å². The first-order valence-electron chi connectivity index (χ1n) is 6.89. The van der Waals surface area contributed by atoms with Crippen molar-refractivity contribution in [3.05, 3.63) is 41.4 Å². The molecule has 21 heavy (non-hydrogen) atoms. The van der Waals surface area contributed by atoms with E-state index in [0.29, 0.717) is 5.71 Å². The number of ether oxygens (including phenoxy) is 1. The Bertz CT molecular complexity index is 598. The van der Waals surface area contributed by atoms with Crippen LogP contribution in [0.15, 0.2) is 40.7 Å². The maximum atomic E-state index is 12.1. The number of dihydropyridines is 1. The van der Waals surface area contributed by atoms with E-state index in [1.54, 1.807) is 33.9 Å². The molecule has 0 saturated carbocycles. The number of pyridine rings is 1. The predicted octanol–water partition coefficient (Wildman–Crippen LogP) is 3.14. The van der Waals surface area contributed by atoms with Crippen LogP contribution < -0.4 is 0 Å². The fourth-order valence-electron chi connectivity index (χ4n) is 2.18. The quantitative estimate of drug-likeness (QED) is 0.849. The number of esters is 1. The summed E-state index contributed by atoms with van der Waals surface area (Å²) in [6, 6.07) is 5.28. The Labute approximate surface area is 124 Å². The third-order valence-corrected chi connectivity index (χ3v) is 3.02. The largest absolute Gasteiger partial charge is 0.511 e. The van der Waals surface area contributed by atoms with Crippen molar-refractivity contribution in [1.82, 2.24) is 4.98 Å². The number of nitrogens with zero attached hydrogens (tertiary/aromatic N) is 2. The average molecular weight is 288 g/mol. The highest BCUT2D eigenvalue weighted by molar-refractivity contribution is 6.19. The molecule has 0 radical (unpaired) electrons. The summed E-state index contributed by atoms with van der Waals surface area (Å²) in [6.07, 6.45) is 1.94. The van der Waals surface area contributed by atoms with Crippen LogP contribution >= 0.6 is 0 Å². The molecule has 0 aliphatic carbocycles. The highest BCUT2D eigenvalue weighted by Crippen LogP contribution is 2.30. The number of aliphatic hydroxyl groups is 1. The molecule has 1 unspecified atom stereocenters. The number of carbonyl (C=O) groups excluding carboxylic acids is 1. The minimum Gasteiger partial charge on any atom is -0.511 e. The van der Waals surface area contributed by atoms with Gasteiger partial charge in [-0.3, -0.25) is 9.98 Å². The molecule has 0 fully saturated rings. The van der Waals surface area contributed by atoms with Crippen LogP contribution in [0.3, 0.4) is 0 Å². The molecule has 0 amide bonds. The number of aliphatic imine (C=N–C) groups is 1. The lowest BCUT2D eigenvalue weighted by Gasteiger charge is -2.24. The second-order valence-corrected chi connectivity index (χ2v) is 6.01. The maximum Gasteiger partial charge on any atom is 0.343 e. The number of rotatable bonds is 2. The van der Waals surface area contributed by atoms with E-state index in [2.05, 4.69) is 9.98 Å². The first-order chi connectivity index (χ1) is 9.78. The zero-order valence-electron chi connectivity index (χ0n) is 12.8. The van der Waals surface area contributed by atoms with E-state index < -0.39 is 11.6 Å². The summed E-state index contributed by atoms with van der Waals surface area (Å²) in [4.78, 5) is 20.9. The molecule has 112 valence electrons. The van der Waals surface area contributed by atoms with Crippen LogP contribution in [-0.4, -0.2) is 27.4 Å². The molecule has 1 aromatic heterocycles. The van der Waals surface area contributed by atoms with Gasteiger partial charge in [-0.05, 0) is 39.8 Å². The Morgan fingerprint density at radius 3 is 2.62 bits per heavy atom. The molecule has 1 N–H and O–H groups in total. The van der Waals surface area contributed by atoms with Crippen molar-refractivity contribution in [3.8, 4) is 0 Å². The van der Waals surface area contributed by atoms with Gasteiger partial charge in [0, 0.05) is 12.6 Å². The molecule has 1 aliphatic heterocycles. The van der Waals surface area contributed by atoms with Crippen LogP contribution in [0.5, 0.6) is 0 Å². The molecule has 1 aliphatic rings. The number of aliphatic hydroxyl groups excluding tert-OH is 1. The molecular formula is C16H20N2O3. The molecule has 1 aromatic rings. The Morgan fingerprint density at radius 2 is 2.10 bits per heavy atom. The molecule has 5 heteroatoms. The minimum absolute atomic E-state index is 0.00685. The van der Waals surface area contributed by atoms with Gasteiger partial charge in [-0.1, -0.05) is 6.07 Å². The molecule has 2 heterocycles. The van der Waals surface area contributed by atoms with Gasteiger partial charge >= 0.3 is 5.97 Å². The summed E-state index contributed by atoms with van der Waals surface area (Å²) in [5.41, 5.74) is 0.801. The molecule has 0 aromatic carbocycles. The van der Waals surface area contributed by atoms with E-state index in [1.165, 1.54) is 0 Å². The van der Waals surface area contributed by atoms with Crippen molar-refractivity contribution in [1.29, 1.82) is 0 Å². The van der Waals surface area contributed by atoms with Gasteiger partial charge < -0.3 is 9.84 Å². The average Bonchev–Trinajstić information content (AvgIpc) is 2.36. The molecule has 0 saturated heterocycles. The molecule has 0 spiro atoms. The minimum atomic E-state index is -0.609. The number of hydrogen-bond donors (Lipinski definition) is 1. The van der Waals surface area contributed by atoms with Crippen LogP contribution in [0.1, 0.15) is 45.9 Å². The first-order valence-corrected chi connectivity index (χ1v) is 6.89. The third-order valence-electron chi connectivity index (χ3n) is 3.02. The van der Waals surface area contributed by atoms with E-state index in [-0.39, 0.29) is 23.8 Å². The maximum absolute atomic E-state index is 12.1. The molecule has 2 rings (SSSR count). The van der Waals surface area contributed by atoms with Crippen molar-refractivity contribution >= 4 is 11.7 Å². The van der Waals surface area contributed by atoms with Crippen molar-refractivity contribution in [2.45, 2.75) is 45.8 Å². The van der Waals surface area contributed by atoms with Crippen molar-refractivity contribution in [3.63, 3.8) is 0 Å². The van der Waals surface area contributed by atoms with Crippen LogP contribution in [-0.2, 0) is 9.53 Å². The highest BCUT2D eigenvalue weighted by Gasteiger charge is 2.30. The second kappa shape index (κ2) is 5.68. The lowest BCUT2D eigenvalue weighted by molar-refractivity contribution is -0.149. The Kier molecular flexibility index (Phi) is 4.11. The Balaban J connectivity index is 2.24. The zero-order valence-corrected chi connectivity index (χ0v) is 12.8. The molecule has 5 nitrogen and oxygen atoms in total. The van der Waals surface area contributed by atoms with Crippen LogP contribution in [0.2, 0.25) is 0 Å².